The molecule has 0 aromatic heterocycles. The summed E-state index contributed by atoms with van der Waals surface area (Å²) in [5.74, 6) is 0. The van der Waals surface area contributed by atoms with Crippen LogP contribution < -0.4 is 11.1 Å². The van der Waals surface area contributed by atoms with Gasteiger partial charge in [-0.2, -0.15) is 0 Å². The highest BCUT2D eigenvalue weighted by Crippen LogP contribution is 2.19. The van der Waals surface area contributed by atoms with Gasteiger partial charge in [-0.25, -0.2) is 0 Å². The molecule has 0 saturated heterocycles. The predicted molar refractivity (Wildman–Crippen MR) is 72.2 cm³/mol. The van der Waals surface area contributed by atoms with Crippen LogP contribution in [0, 0.1) is 6.92 Å². The third-order valence-electron chi connectivity index (χ3n) is 2.63. The van der Waals surface area contributed by atoms with Gasteiger partial charge in [0.1, 0.15) is 0 Å². The molecule has 3 heteroatoms. The van der Waals surface area contributed by atoms with E-state index in [-0.39, 0.29) is 0 Å². The molecule has 0 aliphatic heterocycles. The summed E-state index contributed by atoms with van der Waals surface area (Å²) in [5, 5.41) is 4.22. The van der Waals surface area contributed by atoms with Crippen LogP contribution in [-0.4, -0.2) is 13.1 Å². The molecule has 0 heterocycles. The highest BCUT2D eigenvalue weighted by molar-refractivity contribution is 6.30. The van der Waals surface area contributed by atoms with Crippen molar-refractivity contribution in [3.05, 3.63) is 28.8 Å². The number of rotatable bonds is 7. The zero-order valence-electron chi connectivity index (χ0n) is 9.93. The second-order valence-corrected chi connectivity index (χ2v) is 4.53. The van der Waals surface area contributed by atoms with E-state index in [9.17, 15) is 0 Å². The van der Waals surface area contributed by atoms with Crippen molar-refractivity contribution >= 4 is 17.3 Å². The molecule has 1 aromatic carbocycles. The predicted octanol–water partition coefficient (Wildman–Crippen LogP) is 3.58. The Labute approximate surface area is 103 Å². The van der Waals surface area contributed by atoms with Gasteiger partial charge in [0.25, 0.3) is 0 Å². The van der Waals surface area contributed by atoms with Gasteiger partial charge in [0.15, 0.2) is 0 Å². The molecule has 0 atom stereocenters. The van der Waals surface area contributed by atoms with Gasteiger partial charge in [-0.3, -0.25) is 0 Å². The van der Waals surface area contributed by atoms with E-state index < -0.39 is 0 Å². The lowest BCUT2D eigenvalue weighted by Crippen LogP contribution is -2.03. The van der Waals surface area contributed by atoms with Crippen LogP contribution in [0.5, 0.6) is 0 Å². The first-order valence-electron chi connectivity index (χ1n) is 5.94. The van der Waals surface area contributed by atoms with Crippen molar-refractivity contribution < 1.29 is 0 Å². The summed E-state index contributed by atoms with van der Waals surface area (Å²) in [5.41, 5.74) is 7.83. The summed E-state index contributed by atoms with van der Waals surface area (Å²) in [6, 6.07) is 5.95. The molecule has 16 heavy (non-hydrogen) atoms. The molecule has 0 unspecified atom stereocenters. The summed E-state index contributed by atoms with van der Waals surface area (Å²) in [6.07, 6.45) is 4.82. The quantitative estimate of drug-likeness (QED) is 0.715. The van der Waals surface area contributed by atoms with Crippen LogP contribution in [0.4, 0.5) is 5.69 Å². The lowest BCUT2D eigenvalue weighted by atomic mass is 10.1. The second-order valence-electron chi connectivity index (χ2n) is 4.09. The van der Waals surface area contributed by atoms with Gasteiger partial charge in [0.05, 0.1) is 0 Å². The van der Waals surface area contributed by atoms with Gasteiger partial charge in [-0.1, -0.05) is 24.4 Å². The van der Waals surface area contributed by atoms with Crippen LogP contribution in [0.15, 0.2) is 18.2 Å². The van der Waals surface area contributed by atoms with Crippen LogP contribution in [0.25, 0.3) is 0 Å². The van der Waals surface area contributed by atoms with E-state index in [1.165, 1.54) is 30.5 Å². The lowest BCUT2D eigenvalue weighted by Gasteiger charge is -2.09. The molecule has 1 aromatic rings. The van der Waals surface area contributed by atoms with Gasteiger partial charge in [-0.05, 0) is 50.1 Å². The maximum absolute atomic E-state index is 5.90. The summed E-state index contributed by atoms with van der Waals surface area (Å²) in [7, 11) is 0. The fourth-order valence-electron chi connectivity index (χ4n) is 1.67. The third kappa shape index (κ3) is 4.86. The molecule has 0 saturated carbocycles. The van der Waals surface area contributed by atoms with E-state index in [1.54, 1.807) is 0 Å². The molecule has 0 fully saturated rings. The van der Waals surface area contributed by atoms with E-state index in [4.69, 9.17) is 17.3 Å². The fraction of sp³-hybridized carbons (Fsp3) is 0.538. The summed E-state index contributed by atoms with van der Waals surface area (Å²) in [6.45, 7) is 3.90. The highest BCUT2D eigenvalue weighted by atomic mass is 35.5. The number of nitrogens with one attached hydrogen (secondary N) is 1. The molecule has 0 amide bonds. The SMILES string of the molecule is Cc1cc(Cl)ccc1NCCCCCCN. The molecular weight excluding hydrogens is 220 g/mol. The van der Waals surface area contributed by atoms with Crippen molar-refractivity contribution in [3.8, 4) is 0 Å². The third-order valence-corrected chi connectivity index (χ3v) is 2.87. The molecule has 2 nitrogen and oxygen atoms in total. The number of halogens is 1. The Morgan fingerprint density at radius 3 is 2.62 bits per heavy atom. The second kappa shape index (κ2) is 7.53. The first kappa shape index (κ1) is 13.3. The average Bonchev–Trinajstić information content (AvgIpc) is 2.26. The zero-order chi connectivity index (χ0) is 11.8. The fourth-order valence-corrected chi connectivity index (χ4v) is 1.90. The van der Waals surface area contributed by atoms with E-state index in [1.807, 2.05) is 18.2 Å². The molecule has 0 bridgehead atoms. The Morgan fingerprint density at radius 1 is 1.19 bits per heavy atom. The van der Waals surface area contributed by atoms with Gasteiger partial charge in [-0.15, -0.1) is 0 Å². The van der Waals surface area contributed by atoms with Gasteiger partial charge in [0.2, 0.25) is 0 Å². The number of anilines is 1. The van der Waals surface area contributed by atoms with Crippen molar-refractivity contribution in [2.24, 2.45) is 5.73 Å². The first-order chi connectivity index (χ1) is 7.74. The standard InChI is InChI=1S/C13H21ClN2/c1-11-10-12(14)6-7-13(11)16-9-5-3-2-4-8-15/h6-7,10,16H,2-5,8-9,15H2,1H3. The maximum atomic E-state index is 5.90. The van der Waals surface area contributed by atoms with Crippen molar-refractivity contribution in [2.75, 3.05) is 18.4 Å². The number of hydrogen-bond donors (Lipinski definition) is 2. The Morgan fingerprint density at radius 2 is 1.94 bits per heavy atom. The molecule has 0 spiro atoms. The Hall–Kier alpha value is -0.730. The Balaban J connectivity index is 2.21. The topological polar surface area (TPSA) is 38.0 Å². The van der Waals surface area contributed by atoms with E-state index in [0.717, 1.165) is 24.5 Å². The Bertz CT molecular complexity index is 313. The minimum atomic E-state index is 0.797. The first-order valence-corrected chi connectivity index (χ1v) is 6.32. The summed E-state index contributed by atoms with van der Waals surface area (Å²) >= 11 is 5.90. The monoisotopic (exact) mass is 240 g/mol. The minimum absolute atomic E-state index is 0.797. The average molecular weight is 241 g/mol. The van der Waals surface area contributed by atoms with Gasteiger partial charge in [0, 0.05) is 17.3 Å². The van der Waals surface area contributed by atoms with E-state index in [0.29, 0.717) is 0 Å². The maximum Gasteiger partial charge on any atom is 0.0410 e. The van der Waals surface area contributed by atoms with Crippen LogP contribution in [0.3, 0.4) is 0 Å². The van der Waals surface area contributed by atoms with Crippen LogP contribution >= 0.6 is 11.6 Å². The molecule has 3 N–H and O–H groups in total. The minimum Gasteiger partial charge on any atom is -0.385 e. The molecule has 90 valence electrons. The lowest BCUT2D eigenvalue weighted by molar-refractivity contribution is 0.661. The zero-order valence-corrected chi connectivity index (χ0v) is 10.7. The number of benzene rings is 1. The van der Waals surface area contributed by atoms with Crippen LogP contribution in [0.1, 0.15) is 31.2 Å². The summed E-state index contributed by atoms with van der Waals surface area (Å²) < 4.78 is 0. The molecule has 0 aliphatic rings. The Kier molecular flexibility index (Phi) is 6.27. The van der Waals surface area contributed by atoms with E-state index in [2.05, 4.69) is 12.2 Å². The van der Waals surface area contributed by atoms with Crippen molar-refractivity contribution in [3.63, 3.8) is 0 Å². The van der Waals surface area contributed by atoms with Crippen molar-refractivity contribution in [1.29, 1.82) is 0 Å². The molecular formula is C13H21ClN2. The van der Waals surface area contributed by atoms with Gasteiger partial charge >= 0.3 is 0 Å². The highest BCUT2D eigenvalue weighted by Gasteiger charge is 1.97. The number of nitrogens with two attached hydrogens (primary N) is 1. The normalized spacial score (nSPS) is 10.4. The molecule has 1 rings (SSSR count). The smallest absolute Gasteiger partial charge is 0.0410 e. The van der Waals surface area contributed by atoms with Crippen LogP contribution in [0.2, 0.25) is 5.02 Å². The van der Waals surface area contributed by atoms with Crippen LogP contribution in [-0.2, 0) is 0 Å². The largest absolute Gasteiger partial charge is 0.385 e. The van der Waals surface area contributed by atoms with Crippen molar-refractivity contribution in [1.82, 2.24) is 0 Å². The van der Waals surface area contributed by atoms with E-state index >= 15 is 0 Å². The number of hydrogen-bond acceptors (Lipinski definition) is 2. The number of aryl methyl sites for hydroxylation is 1. The molecule has 0 radical (unpaired) electrons. The molecule has 0 aliphatic carbocycles. The summed E-state index contributed by atoms with van der Waals surface area (Å²) in [4.78, 5) is 0. The number of unbranched alkanes of at least 4 members (excludes halogenated alkanes) is 3. The van der Waals surface area contributed by atoms with Crippen molar-refractivity contribution in [2.45, 2.75) is 32.6 Å². The van der Waals surface area contributed by atoms with Gasteiger partial charge < -0.3 is 11.1 Å².